The average Bonchev–Trinajstić information content (AvgIpc) is 2.95. The molecule has 0 saturated heterocycles. The standard InChI is InChI=1S/C20H16N2O2/c1-13-19(17-5-3-4-6-18(17)22-13)20(23)15(12-21)11-14-7-9-16(24-2)10-8-14/h3-11,22H,1-2H3/b15-11+. The summed E-state index contributed by atoms with van der Waals surface area (Å²) in [5, 5.41) is 10.3. The molecule has 0 fully saturated rings. The largest absolute Gasteiger partial charge is 0.497 e. The minimum absolute atomic E-state index is 0.105. The van der Waals surface area contributed by atoms with Gasteiger partial charge in [-0.1, -0.05) is 30.3 Å². The third kappa shape index (κ3) is 2.80. The van der Waals surface area contributed by atoms with E-state index in [9.17, 15) is 10.1 Å². The number of nitriles is 1. The van der Waals surface area contributed by atoms with Crippen molar-refractivity contribution in [2.75, 3.05) is 7.11 Å². The Morgan fingerprint density at radius 1 is 1.17 bits per heavy atom. The molecular formula is C20H16N2O2. The topological polar surface area (TPSA) is 65.9 Å². The number of ether oxygens (including phenoxy) is 1. The van der Waals surface area contributed by atoms with Gasteiger partial charge in [-0.3, -0.25) is 4.79 Å². The second kappa shape index (κ2) is 6.43. The van der Waals surface area contributed by atoms with Gasteiger partial charge in [-0.2, -0.15) is 5.26 Å². The Morgan fingerprint density at radius 2 is 1.88 bits per heavy atom. The van der Waals surface area contributed by atoms with Crippen LogP contribution in [0.1, 0.15) is 21.6 Å². The fourth-order valence-electron chi connectivity index (χ4n) is 2.72. The zero-order valence-electron chi connectivity index (χ0n) is 13.5. The highest BCUT2D eigenvalue weighted by Crippen LogP contribution is 2.25. The maximum atomic E-state index is 12.9. The summed E-state index contributed by atoms with van der Waals surface area (Å²) in [7, 11) is 1.59. The smallest absolute Gasteiger partial charge is 0.205 e. The van der Waals surface area contributed by atoms with E-state index >= 15 is 0 Å². The van der Waals surface area contributed by atoms with Gasteiger partial charge in [-0.15, -0.1) is 0 Å². The highest BCUT2D eigenvalue weighted by atomic mass is 16.5. The molecule has 0 aliphatic rings. The molecule has 0 unspecified atom stereocenters. The molecule has 0 radical (unpaired) electrons. The normalized spacial score (nSPS) is 11.3. The summed E-state index contributed by atoms with van der Waals surface area (Å²) in [6.45, 7) is 1.84. The molecule has 3 aromatic rings. The molecule has 1 N–H and O–H groups in total. The number of para-hydroxylation sites is 1. The quantitative estimate of drug-likeness (QED) is 0.444. The van der Waals surface area contributed by atoms with E-state index in [1.807, 2.05) is 49.4 Å². The van der Waals surface area contributed by atoms with Crippen LogP contribution >= 0.6 is 0 Å². The Hall–Kier alpha value is -3.32. The van der Waals surface area contributed by atoms with E-state index in [4.69, 9.17) is 4.74 Å². The highest BCUT2D eigenvalue weighted by molar-refractivity contribution is 6.20. The number of nitrogens with zero attached hydrogens (tertiary/aromatic N) is 1. The number of nitrogens with one attached hydrogen (secondary N) is 1. The van der Waals surface area contributed by atoms with Crippen LogP contribution in [0.3, 0.4) is 0 Å². The van der Waals surface area contributed by atoms with Crippen LogP contribution in [-0.2, 0) is 0 Å². The van der Waals surface area contributed by atoms with Crippen LogP contribution in [0, 0.1) is 18.3 Å². The van der Waals surface area contributed by atoms with E-state index in [1.54, 1.807) is 25.3 Å². The fraction of sp³-hybridized carbons (Fsp3) is 0.100. The molecule has 3 rings (SSSR count). The van der Waals surface area contributed by atoms with Gasteiger partial charge in [-0.25, -0.2) is 0 Å². The van der Waals surface area contributed by atoms with E-state index in [-0.39, 0.29) is 11.4 Å². The number of allylic oxidation sites excluding steroid dienone is 1. The molecule has 24 heavy (non-hydrogen) atoms. The number of ketones is 1. The minimum Gasteiger partial charge on any atom is -0.497 e. The molecule has 0 saturated carbocycles. The number of H-pyrrole nitrogens is 1. The van der Waals surface area contributed by atoms with Gasteiger partial charge in [0, 0.05) is 16.6 Å². The molecule has 0 amide bonds. The summed E-state index contributed by atoms with van der Waals surface area (Å²) in [5.41, 5.74) is 3.08. The van der Waals surface area contributed by atoms with Crippen LogP contribution in [0.15, 0.2) is 54.1 Å². The summed E-state index contributed by atoms with van der Waals surface area (Å²) >= 11 is 0. The van der Waals surface area contributed by atoms with Crippen LogP contribution in [0.2, 0.25) is 0 Å². The molecule has 1 heterocycles. The van der Waals surface area contributed by atoms with E-state index in [2.05, 4.69) is 4.98 Å². The lowest BCUT2D eigenvalue weighted by atomic mass is 9.99. The summed E-state index contributed by atoms with van der Waals surface area (Å²) in [5.74, 6) is 0.452. The Kier molecular flexibility index (Phi) is 4.17. The molecular weight excluding hydrogens is 300 g/mol. The van der Waals surface area contributed by atoms with Crippen molar-refractivity contribution in [1.82, 2.24) is 4.98 Å². The van der Waals surface area contributed by atoms with Crippen molar-refractivity contribution in [3.63, 3.8) is 0 Å². The van der Waals surface area contributed by atoms with Gasteiger partial charge in [0.1, 0.15) is 17.4 Å². The fourth-order valence-corrected chi connectivity index (χ4v) is 2.72. The Morgan fingerprint density at radius 3 is 2.54 bits per heavy atom. The number of fused-ring (bicyclic) bond motifs is 1. The number of benzene rings is 2. The minimum atomic E-state index is -0.275. The molecule has 0 bridgehead atoms. The number of methoxy groups -OCH3 is 1. The lowest BCUT2D eigenvalue weighted by molar-refractivity contribution is 0.104. The second-order valence-corrected chi connectivity index (χ2v) is 5.44. The SMILES string of the molecule is COc1ccc(/C=C(\C#N)C(=O)c2c(C)[nH]c3ccccc23)cc1. The van der Waals surface area contributed by atoms with Crippen LogP contribution in [0.4, 0.5) is 0 Å². The van der Waals surface area contributed by atoms with Gasteiger partial charge < -0.3 is 9.72 Å². The maximum absolute atomic E-state index is 12.9. The van der Waals surface area contributed by atoms with Crippen molar-refractivity contribution in [3.8, 4) is 11.8 Å². The van der Waals surface area contributed by atoms with Crippen molar-refractivity contribution in [1.29, 1.82) is 5.26 Å². The van der Waals surface area contributed by atoms with Gasteiger partial charge >= 0.3 is 0 Å². The first kappa shape index (κ1) is 15.6. The van der Waals surface area contributed by atoms with E-state index in [1.165, 1.54) is 0 Å². The van der Waals surface area contributed by atoms with Crippen LogP contribution in [0.5, 0.6) is 5.75 Å². The second-order valence-electron chi connectivity index (χ2n) is 5.44. The number of carbonyl (C=O) groups excluding carboxylic acids is 1. The number of hydrogen-bond donors (Lipinski definition) is 1. The summed E-state index contributed by atoms with van der Waals surface area (Å²) in [6, 6.07) is 16.8. The van der Waals surface area contributed by atoms with E-state index in [0.29, 0.717) is 5.56 Å². The van der Waals surface area contributed by atoms with Crippen LogP contribution in [-0.4, -0.2) is 17.9 Å². The maximum Gasteiger partial charge on any atom is 0.205 e. The van der Waals surface area contributed by atoms with Gasteiger partial charge in [0.2, 0.25) is 5.78 Å². The molecule has 1 aromatic heterocycles. The van der Waals surface area contributed by atoms with Gasteiger partial charge in [-0.05, 0) is 36.8 Å². The average molecular weight is 316 g/mol. The molecule has 2 aromatic carbocycles. The number of Topliss-reactive ketones (excluding diaryl/α,β-unsaturated/α-hetero) is 1. The van der Waals surface area contributed by atoms with Crippen molar-refractivity contribution in [2.24, 2.45) is 0 Å². The zero-order valence-corrected chi connectivity index (χ0v) is 13.5. The third-order valence-electron chi connectivity index (χ3n) is 3.91. The van der Waals surface area contributed by atoms with Crippen molar-refractivity contribution < 1.29 is 9.53 Å². The number of carbonyl (C=O) groups is 1. The predicted octanol–water partition coefficient (Wildman–Crippen LogP) is 4.27. The molecule has 4 heteroatoms. The van der Waals surface area contributed by atoms with E-state index in [0.717, 1.165) is 27.9 Å². The number of hydrogen-bond acceptors (Lipinski definition) is 3. The first-order valence-electron chi connectivity index (χ1n) is 7.52. The number of aryl methyl sites for hydroxylation is 1. The first-order valence-corrected chi connectivity index (χ1v) is 7.52. The molecule has 0 spiro atoms. The predicted molar refractivity (Wildman–Crippen MR) is 94.0 cm³/mol. The van der Waals surface area contributed by atoms with Gasteiger partial charge in [0.15, 0.2) is 0 Å². The van der Waals surface area contributed by atoms with Crippen molar-refractivity contribution in [3.05, 3.63) is 70.9 Å². The Bertz CT molecular complexity index is 973. The zero-order chi connectivity index (χ0) is 17.1. The third-order valence-corrected chi connectivity index (χ3v) is 3.91. The summed E-state index contributed by atoms with van der Waals surface area (Å²) < 4.78 is 5.11. The molecule has 0 aliphatic carbocycles. The van der Waals surface area contributed by atoms with Crippen LogP contribution < -0.4 is 4.74 Å². The van der Waals surface area contributed by atoms with Gasteiger partial charge in [0.25, 0.3) is 0 Å². The summed E-state index contributed by atoms with van der Waals surface area (Å²) in [4.78, 5) is 16.1. The highest BCUT2D eigenvalue weighted by Gasteiger charge is 2.19. The molecule has 0 aliphatic heterocycles. The monoisotopic (exact) mass is 316 g/mol. The lowest BCUT2D eigenvalue weighted by Crippen LogP contribution is -2.03. The molecule has 118 valence electrons. The van der Waals surface area contributed by atoms with Crippen LogP contribution in [0.25, 0.3) is 17.0 Å². The summed E-state index contributed by atoms with van der Waals surface area (Å²) in [6.07, 6.45) is 1.60. The number of aromatic amines is 1. The molecule has 4 nitrogen and oxygen atoms in total. The lowest BCUT2D eigenvalue weighted by Gasteiger charge is -2.02. The van der Waals surface area contributed by atoms with E-state index < -0.39 is 0 Å². The Balaban J connectivity index is 2.03. The van der Waals surface area contributed by atoms with Crippen molar-refractivity contribution >= 4 is 22.8 Å². The number of rotatable bonds is 4. The first-order chi connectivity index (χ1) is 11.6. The number of aromatic nitrogens is 1. The molecule has 0 atom stereocenters. The van der Waals surface area contributed by atoms with Gasteiger partial charge in [0.05, 0.1) is 12.7 Å². The Labute approximate surface area is 140 Å². The van der Waals surface area contributed by atoms with Crippen molar-refractivity contribution in [2.45, 2.75) is 6.92 Å².